The number of rotatable bonds is 5. The summed E-state index contributed by atoms with van der Waals surface area (Å²) in [5.41, 5.74) is 0.178. The molecule has 1 aliphatic heterocycles. The molecule has 0 aromatic rings. The van der Waals surface area contributed by atoms with Crippen LogP contribution in [0.1, 0.15) is 25.7 Å². The minimum Gasteiger partial charge on any atom is -0.378 e. The average molecular weight is 185 g/mol. The Balaban J connectivity index is 1.60. The third-order valence-corrected chi connectivity index (χ3v) is 3.35. The maximum atomic E-state index is 5.67. The van der Waals surface area contributed by atoms with Crippen molar-refractivity contribution in [1.29, 1.82) is 0 Å². The predicted molar refractivity (Wildman–Crippen MR) is 50.8 cm³/mol. The van der Waals surface area contributed by atoms with Crippen molar-refractivity contribution in [3.8, 4) is 0 Å². The number of hydrogen-bond acceptors (Lipinski definition) is 3. The summed E-state index contributed by atoms with van der Waals surface area (Å²) in [6, 6.07) is 0. The van der Waals surface area contributed by atoms with Crippen LogP contribution in [0, 0.1) is 0 Å². The zero-order valence-corrected chi connectivity index (χ0v) is 8.34. The molecule has 2 aliphatic rings. The SMILES string of the molecule is COC1(CCOC2CNC2)CCC1. The summed E-state index contributed by atoms with van der Waals surface area (Å²) in [5, 5.41) is 3.19. The summed E-state index contributed by atoms with van der Waals surface area (Å²) in [6.45, 7) is 2.92. The van der Waals surface area contributed by atoms with Gasteiger partial charge in [-0.05, 0) is 25.7 Å². The molecule has 1 saturated heterocycles. The molecule has 1 heterocycles. The van der Waals surface area contributed by atoms with Crippen LogP contribution in [0.4, 0.5) is 0 Å². The van der Waals surface area contributed by atoms with Gasteiger partial charge >= 0.3 is 0 Å². The van der Waals surface area contributed by atoms with Crippen molar-refractivity contribution in [3.05, 3.63) is 0 Å². The Kier molecular flexibility index (Phi) is 2.86. The van der Waals surface area contributed by atoms with E-state index < -0.39 is 0 Å². The molecule has 76 valence electrons. The summed E-state index contributed by atoms with van der Waals surface area (Å²) < 4.78 is 11.2. The highest BCUT2D eigenvalue weighted by Crippen LogP contribution is 2.37. The molecule has 2 fully saturated rings. The van der Waals surface area contributed by atoms with E-state index in [1.807, 2.05) is 7.11 Å². The van der Waals surface area contributed by atoms with Crippen LogP contribution in [0.5, 0.6) is 0 Å². The topological polar surface area (TPSA) is 30.5 Å². The zero-order chi connectivity index (χ0) is 9.15. The van der Waals surface area contributed by atoms with E-state index in [-0.39, 0.29) is 5.60 Å². The highest BCUT2D eigenvalue weighted by atomic mass is 16.5. The largest absolute Gasteiger partial charge is 0.378 e. The minimum atomic E-state index is 0.178. The lowest BCUT2D eigenvalue weighted by atomic mass is 9.78. The second kappa shape index (κ2) is 3.95. The minimum absolute atomic E-state index is 0.178. The van der Waals surface area contributed by atoms with Gasteiger partial charge in [0, 0.05) is 26.8 Å². The van der Waals surface area contributed by atoms with Crippen LogP contribution >= 0.6 is 0 Å². The second-order valence-electron chi connectivity index (χ2n) is 4.14. The number of hydrogen-bond donors (Lipinski definition) is 1. The van der Waals surface area contributed by atoms with Gasteiger partial charge in [0.25, 0.3) is 0 Å². The van der Waals surface area contributed by atoms with Gasteiger partial charge in [0.2, 0.25) is 0 Å². The molecule has 0 aromatic heterocycles. The van der Waals surface area contributed by atoms with Crippen molar-refractivity contribution in [1.82, 2.24) is 5.32 Å². The quantitative estimate of drug-likeness (QED) is 0.691. The molecule has 0 amide bonds. The van der Waals surface area contributed by atoms with E-state index in [1.165, 1.54) is 19.3 Å². The Bertz CT molecular complexity index is 159. The fourth-order valence-corrected chi connectivity index (χ4v) is 1.92. The molecule has 0 unspecified atom stereocenters. The normalized spacial score (nSPS) is 26.5. The summed E-state index contributed by atoms with van der Waals surface area (Å²) in [4.78, 5) is 0. The summed E-state index contributed by atoms with van der Waals surface area (Å²) in [7, 11) is 1.82. The molecule has 3 nitrogen and oxygen atoms in total. The highest BCUT2D eigenvalue weighted by molar-refractivity contribution is 4.89. The van der Waals surface area contributed by atoms with Crippen LogP contribution in [0.15, 0.2) is 0 Å². The maximum Gasteiger partial charge on any atom is 0.0823 e. The Morgan fingerprint density at radius 1 is 1.38 bits per heavy atom. The summed E-state index contributed by atoms with van der Waals surface area (Å²) >= 11 is 0. The molecule has 0 aromatic carbocycles. The van der Waals surface area contributed by atoms with Crippen LogP contribution < -0.4 is 5.32 Å². The van der Waals surface area contributed by atoms with E-state index >= 15 is 0 Å². The van der Waals surface area contributed by atoms with Gasteiger partial charge in [0.1, 0.15) is 0 Å². The smallest absolute Gasteiger partial charge is 0.0823 e. The first kappa shape index (κ1) is 9.44. The van der Waals surface area contributed by atoms with Gasteiger partial charge in [-0.3, -0.25) is 0 Å². The summed E-state index contributed by atoms with van der Waals surface area (Å²) in [5.74, 6) is 0. The fraction of sp³-hybridized carbons (Fsp3) is 1.00. The molecule has 3 heteroatoms. The van der Waals surface area contributed by atoms with Crippen molar-refractivity contribution in [2.75, 3.05) is 26.8 Å². The van der Waals surface area contributed by atoms with E-state index in [4.69, 9.17) is 9.47 Å². The molecule has 0 spiro atoms. The lowest BCUT2D eigenvalue weighted by molar-refractivity contribution is -0.100. The highest BCUT2D eigenvalue weighted by Gasteiger charge is 2.36. The van der Waals surface area contributed by atoms with Gasteiger partial charge in [-0.15, -0.1) is 0 Å². The molecule has 0 atom stereocenters. The van der Waals surface area contributed by atoms with Gasteiger partial charge < -0.3 is 14.8 Å². The standard InChI is InChI=1S/C10H19NO2/c1-12-10(3-2-4-10)5-6-13-9-7-11-8-9/h9,11H,2-8H2,1H3. The molecule has 13 heavy (non-hydrogen) atoms. The number of ether oxygens (including phenoxy) is 2. The van der Waals surface area contributed by atoms with Crippen molar-refractivity contribution < 1.29 is 9.47 Å². The van der Waals surface area contributed by atoms with Crippen molar-refractivity contribution in [2.24, 2.45) is 0 Å². The van der Waals surface area contributed by atoms with Crippen LogP contribution in [-0.4, -0.2) is 38.5 Å². The molecule has 2 rings (SSSR count). The van der Waals surface area contributed by atoms with Crippen LogP contribution in [-0.2, 0) is 9.47 Å². The number of methoxy groups -OCH3 is 1. The first-order valence-electron chi connectivity index (χ1n) is 5.22. The lowest BCUT2D eigenvalue weighted by Crippen LogP contribution is -2.49. The lowest BCUT2D eigenvalue weighted by Gasteiger charge is -2.41. The monoisotopic (exact) mass is 185 g/mol. The third kappa shape index (κ3) is 2.03. The van der Waals surface area contributed by atoms with Crippen LogP contribution in [0.25, 0.3) is 0 Å². The molecular weight excluding hydrogens is 166 g/mol. The average Bonchev–Trinajstić information content (AvgIpc) is 1.99. The molecule has 1 N–H and O–H groups in total. The Labute approximate surface area is 79.8 Å². The Morgan fingerprint density at radius 2 is 2.15 bits per heavy atom. The summed E-state index contributed by atoms with van der Waals surface area (Å²) in [6.07, 6.45) is 5.29. The second-order valence-corrected chi connectivity index (χ2v) is 4.14. The zero-order valence-electron chi connectivity index (χ0n) is 8.34. The number of nitrogens with one attached hydrogen (secondary N) is 1. The van der Waals surface area contributed by atoms with Gasteiger partial charge in [0.15, 0.2) is 0 Å². The van der Waals surface area contributed by atoms with Crippen LogP contribution in [0.3, 0.4) is 0 Å². The Hall–Kier alpha value is -0.120. The third-order valence-electron chi connectivity index (χ3n) is 3.35. The van der Waals surface area contributed by atoms with E-state index in [0.29, 0.717) is 6.10 Å². The maximum absolute atomic E-state index is 5.67. The van der Waals surface area contributed by atoms with Gasteiger partial charge in [-0.1, -0.05) is 0 Å². The molecule has 1 aliphatic carbocycles. The van der Waals surface area contributed by atoms with Gasteiger partial charge in [0.05, 0.1) is 11.7 Å². The van der Waals surface area contributed by atoms with E-state index in [0.717, 1.165) is 26.1 Å². The van der Waals surface area contributed by atoms with E-state index in [1.54, 1.807) is 0 Å². The first-order chi connectivity index (χ1) is 6.35. The molecular formula is C10H19NO2. The molecule has 0 radical (unpaired) electrons. The fourth-order valence-electron chi connectivity index (χ4n) is 1.92. The predicted octanol–water partition coefficient (Wildman–Crippen LogP) is 0.934. The van der Waals surface area contributed by atoms with Crippen molar-refractivity contribution in [3.63, 3.8) is 0 Å². The van der Waals surface area contributed by atoms with E-state index in [2.05, 4.69) is 5.32 Å². The van der Waals surface area contributed by atoms with Crippen LogP contribution in [0.2, 0.25) is 0 Å². The Morgan fingerprint density at radius 3 is 2.54 bits per heavy atom. The van der Waals surface area contributed by atoms with Gasteiger partial charge in [-0.25, -0.2) is 0 Å². The van der Waals surface area contributed by atoms with Crippen molar-refractivity contribution >= 4 is 0 Å². The molecule has 1 saturated carbocycles. The van der Waals surface area contributed by atoms with E-state index in [9.17, 15) is 0 Å². The molecule has 0 bridgehead atoms. The first-order valence-corrected chi connectivity index (χ1v) is 5.22. The van der Waals surface area contributed by atoms with Gasteiger partial charge in [-0.2, -0.15) is 0 Å². The van der Waals surface area contributed by atoms with Crippen molar-refractivity contribution in [2.45, 2.75) is 37.4 Å².